The molecule has 9 N–H and O–H groups in total. The number of phenolic OH excluding ortho intramolecular Hbond substituents is 1. The van der Waals surface area contributed by atoms with Gasteiger partial charge in [-0.3, -0.25) is 4.99 Å². The minimum Gasteiger partial charge on any atom is -0.592 e. The first kappa shape index (κ1) is 49.3. The van der Waals surface area contributed by atoms with E-state index in [0.717, 1.165) is 121 Å². The van der Waals surface area contributed by atoms with Crippen molar-refractivity contribution in [3.8, 4) is 11.5 Å². The molecule has 69 heavy (non-hydrogen) atoms. The first-order valence-corrected chi connectivity index (χ1v) is 26.0. The van der Waals surface area contributed by atoms with E-state index in [1.807, 2.05) is 32.2 Å². The summed E-state index contributed by atoms with van der Waals surface area (Å²) in [6, 6.07) is 14.6. The van der Waals surface area contributed by atoms with Gasteiger partial charge < -0.3 is 51.4 Å². The van der Waals surface area contributed by atoms with Gasteiger partial charge in [-0.15, -0.1) is 4.99 Å². The third-order valence-corrected chi connectivity index (χ3v) is 15.8. The molecule has 0 amide bonds. The Balaban J connectivity index is 0.702. The Morgan fingerprint density at radius 1 is 1.03 bits per heavy atom. The maximum atomic E-state index is 11.4. The summed E-state index contributed by atoms with van der Waals surface area (Å²) in [6.45, 7) is 3.74. The van der Waals surface area contributed by atoms with E-state index in [0.29, 0.717) is 43.0 Å². The maximum absolute atomic E-state index is 11.4. The van der Waals surface area contributed by atoms with Gasteiger partial charge in [0.05, 0.1) is 36.1 Å². The highest BCUT2D eigenvalue weighted by atomic mass is 16.5. The van der Waals surface area contributed by atoms with Gasteiger partial charge in [0.1, 0.15) is 12.2 Å². The smallest absolute Gasteiger partial charge is 0.189 e. The molecule has 12 nitrogen and oxygen atoms in total. The van der Waals surface area contributed by atoms with E-state index in [9.17, 15) is 25.5 Å². The minimum atomic E-state index is -0.968. The van der Waals surface area contributed by atoms with Gasteiger partial charge in [-0.25, -0.2) is 0 Å². The number of aliphatic imine (C=N–C) groups is 1. The number of phenols is 1. The van der Waals surface area contributed by atoms with Gasteiger partial charge in [0.15, 0.2) is 29.4 Å². The number of nitrogens with zero attached hydrogens (tertiary/aromatic N) is 2. The molecule has 3 aliphatic carbocycles. The lowest BCUT2D eigenvalue weighted by atomic mass is 9.75. The van der Waals surface area contributed by atoms with Gasteiger partial charge in [0, 0.05) is 50.2 Å². The molecule has 0 spiro atoms. The Morgan fingerprint density at radius 3 is 2.74 bits per heavy atom. The number of nitrogens with two attached hydrogens (primary N) is 1. The molecule has 0 radical (unpaired) electrons. The van der Waals surface area contributed by atoms with Crippen molar-refractivity contribution in [1.29, 1.82) is 0 Å². The van der Waals surface area contributed by atoms with E-state index >= 15 is 0 Å². The van der Waals surface area contributed by atoms with Gasteiger partial charge in [-0.2, -0.15) is 12.0 Å². The second-order valence-corrected chi connectivity index (χ2v) is 20.7. The third-order valence-electron chi connectivity index (χ3n) is 15.8. The van der Waals surface area contributed by atoms with E-state index in [2.05, 4.69) is 64.2 Å². The van der Waals surface area contributed by atoms with Gasteiger partial charge in [-0.05, 0) is 121 Å². The molecular weight excluding hydrogens is 867 g/mol. The monoisotopic (exact) mass is 942 g/mol. The number of aromatic hydroxyl groups is 1. The van der Waals surface area contributed by atoms with Crippen molar-refractivity contribution < 1.29 is 35.0 Å². The van der Waals surface area contributed by atoms with Gasteiger partial charge in [0.25, 0.3) is 0 Å². The molecule has 10 atom stereocenters. The summed E-state index contributed by atoms with van der Waals surface area (Å²) < 4.78 is 12.5. The second kappa shape index (κ2) is 22.6. The van der Waals surface area contributed by atoms with Crippen LogP contribution >= 0.6 is 0 Å². The van der Waals surface area contributed by atoms with Crippen LogP contribution in [-0.4, -0.2) is 102 Å². The van der Waals surface area contributed by atoms with Crippen molar-refractivity contribution in [2.45, 2.75) is 133 Å². The molecule has 12 heteroatoms. The number of likely N-dealkylation sites (N-methyl/N-ethyl adjacent to an activating group) is 1. The molecular formula is C57H75N5O7. The summed E-state index contributed by atoms with van der Waals surface area (Å²) >= 11 is 0. The van der Waals surface area contributed by atoms with E-state index in [4.69, 9.17) is 20.2 Å². The van der Waals surface area contributed by atoms with Crippen LogP contribution in [0.3, 0.4) is 0 Å². The number of benzene rings is 3. The topological polar surface area (TPSA) is 194 Å². The van der Waals surface area contributed by atoms with Crippen LogP contribution in [0.25, 0.3) is 22.9 Å². The van der Waals surface area contributed by atoms with Crippen LogP contribution in [0, 0.1) is 35.6 Å². The molecule has 2 fully saturated rings. The molecule has 6 aliphatic rings. The summed E-state index contributed by atoms with van der Waals surface area (Å²) in [4.78, 5) is 9.57. The number of aliphatic hydroxyl groups excluding tert-OH is 4. The van der Waals surface area contributed by atoms with E-state index < -0.39 is 18.3 Å². The summed E-state index contributed by atoms with van der Waals surface area (Å²) in [5.74, 6) is 3.47. The fourth-order valence-electron chi connectivity index (χ4n) is 12.2. The van der Waals surface area contributed by atoms with Crippen LogP contribution in [0.5, 0.6) is 11.5 Å². The zero-order valence-electron chi connectivity index (χ0n) is 40.7. The van der Waals surface area contributed by atoms with Crippen LogP contribution in [0.1, 0.15) is 113 Å². The Labute approximate surface area is 408 Å². The number of allylic oxidation sites excluding steroid dienone is 1. The van der Waals surface area contributed by atoms with Gasteiger partial charge in [-0.1, -0.05) is 87.1 Å². The van der Waals surface area contributed by atoms with E-state index in [-0.39, 0.29) is 49.0 Å². The highest BCUT2D eigenvalue weighted by molar-refractivity contribution is 6.04. The van der Waals surface area contributed by atoms with Crippen LogP contribution in [0.2, 0.25) is 0 Å². The van der Waals surface area contributed by atoms with Crippen LogP contribution < -0.4 is 31.7 Å². The average molecular weight is 942 g/mol. The molecule has 10 unspecified atom stereocenters. The number of hydrogen-bond donors (Lipinski definition) is 8. The van der Waals surface area contributed by atoms with Crippen LogP contribution in [0.4, 0.5) is 0 Å². The standard InChI is InChI=1S/C57H75N5O7/c1-34(64)30-61-51(31-59-2)56-43-10-7-8-36(43)16-20-48-47(56)29-50(62-48)53(66)33-68-55-24-35(13-21-52(55)65)12-17-42-26-40(32-63)54(69-42)11-6-4-3-5-9-41(58)25-39-15-18-44-45(57(39)67)19-14-37-28-49-38(22-23-60-49)27-46(37)44/h13-15,18-19,21-22,24,26-29,34,36,39,41,43,51,53-54,56-57,59,61,63-67H,3-12,16-17,20,23,25,30-33,58H2,1-2H3. The second-order valence-electron chi connectivity index (χ2n) is 20.7. The zero-order chi connectivity index (χ0) is 48.0. The predicted molar refractivity (Wildman–Crippen MR) is 273 cm³/mol. The molecule has 3 heterocycles. The SMILES string of the molecule is CNCC(NCC(C)O)C1C2=C[C+](C(O)COc3cc(CCC4=C[C-](CO)C(CCCCCCC(N)CC5C=Cc6c(ccc7cc8c(cc67)=CCN=8)C5O)O4)ccc3O)N=C2CCC2CCCC21. The predicted octanol–water partition coefficient (Wildman–Crippen LogP) is 6.21. The number of unbranched alkanes of at least 4 members (excludes halogenated alkanes) is 3. The summed E-state index contributed by atoms with van der Waals surface area (Å²) in [6.07, 6.45) is 22.0. The maximum Gasteiger partial charge on any atom is 0.189 e. The average Bonchev–Trinajstić information content (AvgIpc) is 4.17. The number of aryl methyl sites for hydroxylation is 1. The minimum absolute atomic E-state index is 0.00916. The normalized spacial score (nSPS) is 25.3. The Bertz CT molecular complexity index is 2520. The van der Waals surface area contributed by atoms with Gasteiger partial charge >= 0.3 is 0 Å². The molecule has 9 rings (SSSR count). The van der Waals surface area contributed by atoms with Crippen molar-refractivity contribution >= 4 is 28.6 Å². The molecule has 0 saturated heterocycles. The molecule has 370 valence electrons. The summed E-state index contributed by atoms with van der Waals surface area (Å²) in [7, 11) is 1.97. The molecule has 2 saturated carbocycles. The fraction of sp³-hybridized carbons (Fsp3) is 0.544. The zero-order valence-corrected chi connectivity index (χ0v) is 40.7. The molecule has 3 aromatic rings. The summed E-state index contributed by atoms with van der Waals surface area (Å²) in [5, 5.41) is 65.5. The van der Waals surface area contributed by atoms with Crippen molar-refractivity contribution in [2.75, 3.05) is 39.9 Å². The molecule has 0 bridgehead atoms. The van der Waals surface area contributed by atoms with E-state index in [1.54, 1.807) is 6.07 Å². The molecule has 0 aromatic heterocycles. The number of hydrogen-bond acceptors (Lipinski definition) is 12. The van der Waals surface area contributed by atoms with Crippen LogP contribution in [-0.2, 0) is 11.2 Å². The largest absolute Gasteiger partial charge is 0.592 e. The Morgan fingerprint density at radius 2 is 1.90 bits per heavy atom. The lowest BCUT2D eigenvalue weighted by Gasteiger charge is -2.32. The number of aliphatic hydroxyl groups is 4. The van der Waals surface area contributed by atoms with Crippen molar-refractivity contribution in [3.05, 3.63) is 111 Å². The number of fused-ring (bicyclic) bond motifs is 6. The molecule has 3 aliphatic heterocycles. The quantitative estimate of drug-likeness (QED) is 0.0400. The Hall–Kier alpha value is -4.66. The van der Waals surface area contributed by atoms with E-state index in [1.165, 1.54) is 30.1 Å². The Kier molecular flexibility index (Phi) is 16.2. The molecule has 3 aromatic carbocycles. The first-order valence-electron chi connectivity index (χ1n) is 26.0. The fourth-order valence-corrected chi connectivity index (χ4v) is 12.2. The van der Waals surface area contributed by atoms with Crippen LogP contribution in [0.15, 0.2) is 82.0 Å². The van der Waals surface area contributed by atoms with Crippen molar-refractivity contribution in [3.63, 3.8) is 0 Å². The number of ether oxygens (including phenoxy) is 2. The van der Waals surface area contributed by atoms with Crippen molar-refractivity contribution in [2.24, 2.45) is 39.4 Å². The lowest BCUT2D eigenvalue weighted by molar-refractivity contribution is 0.120. The third kappa shape index (κ3) is 11.4. The van der Waals surface area contributed by atoms with Gasteiger partial charge in [0.2, 0.25) is 0 Å². The van der Waals surface area contributed by atoms with Crippen molar-refractivity contribution in [1.82, 2.24) is 10.6 Å². The number of rotatable bonds is 23. The highest BCUT2D eigenvalue weighted by Crippen LogP contribution is 2.49. The number of nitrogens with one attached hydrogen (secondary N) is 2. The first-order chi connectivity index (χ1) is 33.6. The lowest BCUT2D eigenvalue weighted by Crippen LogP contribution is -2.49. The highest BCUT2D eigenvalue weighted by Gasteiger charge is 2.50. The summed E-state index contributed by atoms with van der Waals surface area (Å²) in [5.41, 5.74) is 12.0.